The molecule has 1 aromatic rings. The largest absolute Gasteiger partial charge is 0.310 e. The summed E-state index contributed by atoms with van der Waals surface area (Å²) in [5.74, 6) is 0.809. The van der Waals surface area contributed by atoms with E-state index in [2.05, 4.69) is 12.2 Å². The van der Waals surface area contributed by atoms with Crippen molar-refractivity contribution in [2.45, 2.75) is 52.1 Å². The first-order valence-corrected chi connectivity index (χ1v) is 6.67. The van der Waals surface area contributed by atoms with Gasteiger partial charge in [0.1, 0.15) is 5.82 Å². The average molecular weight is 235 g/mol. The van der Waals surface area contributed by atoms with Crippen LogP contribution in [0.4, 0.5) is 4.39 Å². The van der Waals surface area contributed by atoms with E-state index < -0.39 is 0 Å². The van der Waals surface area contributed by atoms with Crippen molar-refractivity contribution in [2.24, 2.45) is 5.92 Å². The highest BCUT2D eigenvalue weighted by molar-refractivity contribution is 5.26. The highest BCUT2D eigenvalue weighted by Crippen LogP contribution is 2.34. The first-order chi connectivity index (χ1) is 8.19. The van der Waals surface area contributed by atoms with Crippen molar-refractivity contribution in [3.8, 4) is 0 Å². The third kappa shape index (κ3) is 3.81. The van der Waals surface area contributed by atoms with Crippen LogP contribution in [0.25, 0.3) is 0 Å². The maximum atomic E-state index is 13.1. The lowest BCUT2D eigenvalue weighted by molar-refractivity contribution is 0.444. The monoisotopic (exact) mass is 235 g/mol. The van der Waals surface area contributed by atoms with Crippen molar-refractivity contribution in [1.29, 1.82) is 0 Å². The zero-order valence-electron chi connectivity index (χ0n) is 10.8. The highest BCUT2D eigenvalue weighted by Gasteiger charge is 2.24. The number of hydrogen-bond acceptors (Lipinski definition) is 1. The molecule has 0 radical (unpaired) electrons. The van der Waals surface area contributed by atoms with E-state index in [-0.39, 0.29) is 5.82 Å². The van der Waals surface area contributed by atoms with Gasteiger partial charge in [0.25, 0.3) is 0 Å². The van der Waals surface area contributed by atoms with Crippen molar-refractivity contribution < 1.29 is 4.39 Å². The quantitative estimate of drug-likeness (QED) is 0.790. The SMILES string of the molecule is CCC(CC1CC1)NCc1cc(F)ccc1C. The van der Waals surface area contributed by atoms with Crippen LogP contribution in [-0.2, 0) is 6.54 Å². The van der Waals surface area contributed by atoms with Crippen molar-refractivity contribution in [3.05, 3.63) is 35.1 Å². The summed E-state index contributed by atoms with van der Waals surface area (Å²) in [5.41, 5.74) is 2.25. The minimum Gasteiger partial charge on any atom is -0.310 e. The summed E-state index contributed by atoms with van der Waals surface area (Å²) < 4.78 is 13.1. The van der Waals surface area contributed by atoms with Gasteiger partial charge in [0.2, 0.25) is 0 Å². The molecule has 0 amide bonds. The minimum atomic E-state index is -0.136. The van der Waals surface area contributed by atoms with Crippen molar-refractivity contribution in [2.75, 3.05) is 0 Å². The lowest BCUT2D eigenvalue weighted by Gasteiger charge is -2.17. The van der Waals surface area contributed by atoms with Gasteiger partial charge < -0.3 is 5.32 Å². The Kier molecular flexibility index (Phi) is 4.16. The molecule has 2 heteroatoms. The number of rotatable bonds is 6. The van der Waals surface area contributed by atoms with Crippen LogP contribution < -0.4 is 5.32 Å². The molecule has 1 unspecified atom stereocenters. The summed E-state index contributed by atoms with van der Waals surface area (Å²) in [5, 5.41) is 3.56. The van der Waals surface area contributed by atoms with Crippen molar-refractivity contribution in [1.82, 2.24) is 5.32 Å². The molecule has 0 spiro atoms. The molecule has 0 bridgehead atoms. The molecule has 1 saturated carbocycles. The van der Waals surface area contributed by atoms with Crippen molar-refractivity contribution in [3.63, 3.8) is 0 Å². The number of benzene rings is 1. The molecule has 0 heterocycles. The second-order valence-electron chi connectivity index (χ2n) is 5.24. The molecule has 2 rings (SSSR count). The third-order valence-corrected chi connectivity index (χ3v) is 3.70. The maximum absolute atomic E-state index is 13.1. The van der Waals surface area contributed by atoms with E-state index in [0.29, 0.717) is 6.04 Å². The minimum absolute atomic E-state index is 0.136. The maximum Gasteiger partial charge on any atom is 0.123 e. The standard InChI is InChI=1S/C15H22FN/c1-3-15(8-12-5-6-12)17-10-13-9-14(16)7-4-11(13)2/h4,7,9,12,15,17H,3,5-6,8,10H2,1-2H3. The highest BCUT2D eigenvalue weighted by atomic mass is 19.1. The fraction of sp³-hybridized carbons (Fsp3) is 0.600. The molecule has 0 aliphatic heterocycles. The van der Waals surface area contributed by atoms with E-state index in [9.17, 15) is 4.39 Å². The Bertz CT molecular complexity index is 371. The molecule has 0 saturated heterocycles. The fourth-order valence-electron chi connectivity index (χ4n) is 2.24. The number of hydrogen-bond donors (Lipinski definition) is 1. The van der Waals surface area contributed by atoms with Crippen LogP contribution in [0.15, 0.2) is 18.2 Å². The summed E-state index contributed by atoms with van der Waals surface area (Å²) in [7, 11) is 0. The van der Waals surface area contributed by atoms with E-state index in [1.165, 1.54) is 30.9 Å². The lowest BCUT2D eigenvalue weighted by atomic mass is 10.1. The zero-order chi connectivity index (χ0) is 12.3. The fourth-order valence-corrected chi connectivity index (χ4v) is 2.24. The normalized spacial score (nSPS) is 17.1. The predicted molar refractivity (Wildman–Crippen MR) is 69.4 cm³/mol. The van der Waals surface area contributed by atoms with Crippen LogP contribution in [0.2, 0.25) is 0 Å². The van der Waals surface area contributed by atoms with Crippen molar-refractivity contribution >= 4 is 0 Å². The van der Waals surface area contributed by atoms with Gasteiger partial charge in [0.05, 0.1) is 0 Å². The molecule has 1 aromatic carbocycles. The van der Waals surface area contributed by atoms with Gasteiger partial charge in [-0.25, -0.2) is 4.39 Å². The molecule has 1 nitrogen and oxygen atoms in total. The number of nitrogens with one attached hydrogen (secondary N) is 1. The third-order valence-electron chi connectivity index (χ3n) is 3.70. The molecule has 0 aromatic heterocycles. The Morgan fingerprint density at radius 3 is 2.82 bits per heavy atom. The van der Waals surface area contributed by atoms with Gasteiger partial charge in [0, 0.05) is 12.6 Å². The Morgan fingerprint density at radius 2 is 2.18 bits per heavy atom. The second-order valence-corrected chi connectivity index (χ2v) is 5.24. The zero-order valence-corrected chi connectivity index (χ0v) is 10.8. The Balaban J connectivity index is 1.88. The summed E-state index contributed by atoms with van der Waals surface area (Å²) in [6.45, 7) is 5.05. The van der Waals surface area contributed by atoms with E-state index >= 15 is 0 Å². The Morgan fingerprint density at radius 1 is 1.41 bits per heavy atom. The smallest absolute Gasteiger partial charge is 0.123 e. The molecule has 1 aliphatic rings. The van der Waals surface area contributed by atoms with E-state index in [1.807, 2.05) is 13.0 Å². The van der Waals surface area contributed by atoms with Gasteiger partial charge in [-0.1, -0.05) is 25.8 Å². The number of halogens is 1. The van der Waals surface area contributed by atoms with Crippen LogP contribution in [0.3, 0.4) is 0 Å². The van der Waals surface area contributed by atoms with Gasteiger partial charge in [-0.05, 0) is 48.9 Å². The van der Waals surface area contributed by atoms with E-state index in [1.54, 1.807) is 6.07 Å². The Hall–Kier alpha value is -0.890. The van der Waals surface area contributed by atoms with Gasteiger partial charge in [0.15, 0.2) is 0 Å². The van der Waals surface area contributed by atoms with E-state index in [0.717, 1.165) is 24.4 Å². The first kappa shape index (κ1) is 12.6. The van der Waals surface area contributed by atoms with Crippen LogP contribution in [0, 0.1) is 18.7 Å². The summed E-state index contributed by atoms with van der Waals surface area (Å²) in [6.07, 6.45) is 5.24. The number of aryl methyl sites for hydroxylation is 1. The summed E-state index contributed by atoms with van der Waals surface area (Å²) in [6, 6.07) is 5.62. The molecule has 1 aliphatic carbocycles. The van der Waals surface area contributed by atoms with Crippen LogP contribution in [-0.4, -0.2) is 6.04 Å². The molecule has 1 N–H and O–H groups in total. The molecular formula is C15H22FN. The predicted octanol–water partition coefficient (Wildman–Crippen LogP) is 3.80. The van der Waals surface area contributed by atoms with Crippen LogP contribution in [0.1, 0.15) is 43.7 Å². The van der Waals surface area contributed by atoms with Gasteiger partial charge >= 0.3 is 0 Å². The topological polar surface area (TPSA) is 12.0 Å². The molecule has 94 valence electrons. The molecule has 1 atom stereocenters. The van der Waals surface area contributed by atoms with Gasteiger partial charge in [-0.15, -0.1) is 0 Å². The van der Waals surface area contributed by atoms with Crippen LogP contribution >= 0.6 is 0 Å². The van der Waals surface area contributed by atoms with Gasteiger partial charge in [-0.3, -0.25) is 0 Å². The summed E-state index contributed by atoms with van der Waals surface area (Å²) in [4.78, 5) is 0. The van der Waals surface area contributed by atoms with Gasteiger partial charge in [-0.2, -0.15) is 0 Å². The molecule has 1 fully saturated rings. The van der Waals surface area contributed by atoms with E-state index in [4.69, 9.17) is 0 Å². The average Bonchev–Trinajstić information content (AvgIpc) is 3.12. The Labute approximate surface area is 103 Å². The lowest BCUT2D eigenvalue weighted by Crippen LogP contribution is -2.28. The molecule has 17 heavy (non-hydrogen) atoms. The molecular weight excluding hydrogens is 213 g/mol. The first-order valence-electron chi connectivity index (χ1n) is 6.67. The van der Waals surface area contributed by atoms with Crippen LogP contribution in [0.5, 0.6) is 0 Å². The summed E-state index contributed by atoms with van der Waals surface area (Å²) >= 11 is 0. The second kappa shape index (κ2) is 5.63.